The lowest BCUT2D eigenvalue weighted by Crippen LogP contribution is -2.13. The van der Waals surface area contributed by atoms with Gasteiger partial charge in [-0.1, -0.05) is 13.8 Å². The number of thiazole rings is 1. The second kappa shape index (κ2) is 5.42. The van der Waals surface area contributed by atoms with Gasteiger partial charge in [0.15, 0.2) is 5.13 Å². The minimum atomic E-state index is -0.00643. The number of hydrogen-bond donors (Lipinski definition) is 1. The molecule has 2 heterocycles. The normalized spacial score (nSPS) is 10.8. The number of carbonyl (C=O) groups is 1. The molecule has 0 aromatic carbocycles. The lowest BCUT2D eigenvalue weighted by molar-refractivity contribution is -0.115. The fourth-order valence-electron chi connectivity index (χ4n) is 1.35. The zero-order chi connectivity index (χ0) is 12.3. The third-order valence-electron chi connectivity index (χ3n) is 2.28. The number of anilines is 1. The van der Waals surface area contributed by atoms with Gasteiger partial charge in [-0.25, -0.2) is 4.98 Å². The van der Waals surface area contributed by atoms with Gasteiger partial charge in [-0.2, -0.15) is 11.3 Å². The van der Waals surface area contributed by atoms with Gasteiger partial charge in [0.2, 0.25) is 5.91 Å². The fourth-order valence-corrected chi connectivity index (χ4v) is 2.86. The maximum Gasteiger partial charge on any atom is 0.230 e. The summed E-state index contributed by atoms with van der Waals surface area (Å²) in [5.74, 6) is 0.447. The zero-order valence-corrected chi connectivity index (χ0v) is 11.4. The first-order valence-electron chi connectivity index (χ1n) is 5.42. The molecule has 1 amide bonds. The van der Waals surface area contributed by atoms with E-state index >= 15 is 0 Å². The Hall–Kier alpha value is -1.20. The van der Waals surface area contributed by atoms with Crippen molar-refractivity contribution in [2.24, 2.45) is 0 Å². The van der Waals surface area contributed by atoms with Crippen molar-refractivity contribution in [3.63, 3.8) is 0 Å². The number of nitrogens with one attached hydrogen (secondary N) is 1. The molecule has 0 bridgehead atoms. The molecule has 0 saturated carbocycles. The van der Waals surface area contributed by atoms with Gasteiger partial charge in [0.1, 0.15) is 0 Å². The number of rotatable bonds is 4. The summed E-state index contributed by atoms with van der Waals surface area (Å²) in [7, 11) is 0. The Labute approximate surface area is 109 Å². The van der Waals surface area contributed by atoms with Gasteiger partial charge in [-0.3, -0.25) is 4.79 Å². The van der Waals surface area contributed by atoms with Gasteiger partial charge < -0.3 is 5.32 Å². The van der Waals surface area contributed by atoms with E-state index in [0.717, 1.165) is 5.56 Å². The summed E-state index contributed by atoms with van der Waals surface area (Å²) in [4.78, 5) is 17.1. The van der Waals surface area contributed by atoms with Crippen LogP contribution in [-0.4, -0.2) is 10.9 Å². The molecule has 0 atom stereocenters. The molecule has 0 aliphatic rings. The average molecular weight is 266 g/mol. The van der Waals surface area contributed by atoms with Crippen LogP contribution in [0.4, 0.5) is 5.13 Å². The fraction of sp³-hybridized carbons (Fsp3) is 0.333. The van der Waals surface area contributed by atoms with E-state index < -0.39 is 0 Å². The first-order valence-corrected chi connectivity index (χ1v) is 7.17. The SMILES string of the molecule is CC(C)c1cnc(NC(=O)Cc2ccsc2)s1. The van der Waals surface area contributed by atoms with Crippen LogP contribution in [0.25, 0.3) is 0 Å². The highest BCUT2D eigenvalue weighted by atomic mass is 32.1. The minimum Gasteiger partial charge on any atom is -0.302 e. The van der Waals surface area contributed by atoms with Crippen LogP contribution in [0.2, 0.25) is 0 Å². The Morgan fingerprint density at radius 2 is 2.35 bits per heavy atom. The van der Waals surface area contributed by atoms with E-state index in [1.165, 1.54) is 4.88 Å². The number of carbonyl (C=O) groups excluding carboxylic acids is 1. The van der Waals surface area contributed by atoms with Crippen molar-refractivity contribution < 1.29 is 4.79 Å². The van der Waals surface area contributed by atoms with E-state index in [2.05, 4.69) is 24.1 Å². The van der Waals surface area contributed by atoms with Gasteiger partial charge in [0, 0.05) is 11.1 Å². The Balaban J connectivity index is 1.93. The first-order chi connectivity index (χ1) is 8.15. The van der Waals surface area contributed by atoms with E-state index in [1.807, 2.05) is 23.0 Å². The summed E-state index contributed by atoms with van der Waals surface area (Å²) in [6.45, 7) is 4.23. The molecule has 0 aliphatic heterocycles. The Kier molecular flexibility index (Phi) is 3.91. The van der Waals surface area contributed by atoms with E-state index in [0.29, 0.717) is 17.5 Å². The van der Waals surface area contributed by atoms with E-state index in [1.54, 1.807) is 22.7 Å². The van der Waals surface area contributed by atoms with E-state index in [9.17, 15) is 4.79 Å². The van der Waals surface area contributed by atoms with Crippen LogP contribution >= 0.6 is 22.7 Å². The molecule has 17 heavy (non-hydrogen) atoms. The molecule has 0 spiro atoms. The largest absolute Gasteiger partial charge is 0.302 e. The monoisotopic (exact) mass is 266 g/mol. The quantitative estimate of drug-likeness (QED) is 0.920. The molecule has 3 nitrogen and oxygen atoms in total. The summed E-state index contributed by atoms with van der Waals surface area (Å²) in [5, 5.41) is 7.48. The van der Waals surface area contributed by atoms with Crippen LogP contribution in [0.1, 0.15) is 30.2 Å². The van der Waals surface area contributed by atoms with E-state index in [4.69, 9.17) is 0 Å². The molecule has 0 radical (unpaired) electrons. The Morgan fingerprint density at radius 1 is 1.53 bits per heavy atom. The van der Waals surface area contributed by atoms with Crippen LogP contribution in [0.3, 0.4) is 0 Å². The van der Waals surface area contributed by atoms with Gasteiger partial charge in [-0.15, -0.1) is 11.3 Å². The van der Waals surface area contributed by atoms with Crippen LogP contribution in [0.15, 0.2) is 23.0 Å². The molecule has 0 saturated heterocycles. The Morgan fingerprint density at radius 3 is 2.94 bits per heavy atom. The highest BCUT2D eigenvalue weighted by Gasteiger charge is 2.09. The van der Waals surface area contributed by atoms with Crippen LogP contribution in [0, 0.1) is 0 Å². The molecule has 0 fully saturated rings. The summed E-state index contributed by atoms with van der Waals surface area (Å²) in [5.41, 5.74) is 1.05. The average Bonchev–Trinajstić information content (AvgIpc) is 2.88. The van der Waals surface area contributed by atoms with Crippen molar-refractivity contribution in [1.29, 1.82) is 0 Å². The number of thiophene rings is 1. The molecule has 0 aliphatic carbocycles. The molecule has 1 N–H and O–H groups in total. The molecule has 0 unspecified atom stereocenters. The molecule has 2 aromatic rings. The highest BCUT2D eigenvalue weighted by molar-refractivity contribution is 7.15. The lowest BCUT2D eigenvalue weighted by atomic mass is 10.2. The second-order valence-electron chi connectivity index (χ2n) is 4.08. The maximum atomic E-state index is 11.7. The summed E-state index contributed by atoms with van der Waals surface area (Å²) in [6, 6.07) is 1.96. The molecular weight excluding hydrogens is 252 g/mol. The topological polar surface area (TPSA) is 42.0 Å². The smallest absolute Gasteiger partial charge is 0.230 e. The van der Waals surface area contributed by atoms with Gasteiger partial charge in [0.25, 0.3) is 0 Å². The van der Waals surface area contributed by atoms with E-state index in [-0.39, 0.29) is 5.91 Å². The maximum absolute atomic E-state index is 11.7. The number of hydrogen-bond acceptors (Lipinski definition) is 4. The lowest BCUT2D eigenvalue weighted by Gasteiger charge is -2.00. The van der Waals surface area contributed by atoms with Crippen molar-refractivity contribution in [3.05, 3.63) is 33.5 Å². The second-order valence-corrected chi connectivity index (χ2v) is 5.92. The number of aromatic nitrogens is 1. The highest BCUT2D eigenvalue weighted by Crippen LogP contribution is 2.25. The van der Waals surface area contributed by atoms with Gasteiger partial charge >= 0.3 is 0 Å². The van der Waals surface area contributed by atoms with Crippen molar-refractivity contribution in [1.82, 2.24) is 4.98 Å². The summed E-state index contributed by atoms with van der Waals surface area (Å²) < 4.78 is 0. The summed E-state index contributed by atoms with van der Waals surface area (Å²) >= 11 is 3.14. The van der Waals surface area contributed by atoms with Crippen LogP contribution in [0.5, 0.6) is 0 Å². The van der Waals surface area contributed by atoms with Crippen molar-refractivity contribution in [3.8, 4) is 0 Å². The minimum absolute atomic E-state index is 0.00643. The molecular formula is C12H14N2OS2. The summed E-state index contributed by atoms with van der Waals surface area (Å²) in [6.07, 6.45) is 2.25. The standard InChI is InChI=1S/C12H14N2OS2/c1-8(2)10-6-13-12(17-10)14-11(15)5-9-3-4-16-7-9/h3-4,6-8H,5H2,1-2H3,(H,13,14,15). The molecule has 2 aromatic heterocycles. The predicted octanol–water partition coefficient (Wildman–Crippen LogP) is 3.51. The van der Waals surface area contributed by atoms with Crippen LogP contribution in [-0.2, 0) is 11.2 Å². The number of amides is 1. The first kappa shape index (κ1) is 12.3. The van der Waals surface area contributed by atoms with Crippen molar-refractivity contribution in [2.75, 3.05) is 5.32 Å². The number of nitrogens with zero attached hydrogens (tertiary/aromatic N) is 1. The third-order valence-corrected chi connectivity index (χ3v) is 4.23. The molecule has 5 heteroatoms. The third kappa shape index (κ3) is 3.38. The Bertz CT molecular complexity index is 488. The predicted molar refractivity (Wildman–Crippen MR) is 72.9 cm³/mol. The van der Waals surface area contributed by atoms with Gasteiger partial charge in [-0.05, 0) is 28.3 Å². The zero-order valence-electron chi connectivity index (χ0n) is 9.77. The molecule has 2 rings (SSSR count). The van der Waals surface area contributed by atoms with Crippen LogP contribution < -0.4 is 5.32 Å². The van der Waals surface area contributed by atoms with Crippen molar-refractivity contribution in [2.45, 2.75) is 26.2 Å². The van der Waals surface area contributed by atoms with Crippen molar-refractivity contribution >= 4 is 33.7 Å². The molecule has 90 valence electrons. The van der Waals surface area contributed by atoms with Gasteiger partial charge in [0.05, 0.1) is 6.42 Å².